The van der Waals surface area contributed by atoms with Crippen LogP contribution < -0.4 is 5.73 Å². The second-order valence-electron chi connectivity index (χ2n) is 3.38. The van der Waals surface area contributed by atoms with Gasteiger partial charge in [-0.3, -0.25) is 0 Å². The third-order valence-electron chi connectivity index (χ3n) is 2.25. The summed E-state index contributed by atoms with van der Waals surface area (Å²) in [6.07, 6.45) is 5.18. The fourth-order valence-corrected chi connectivity index (χ4v) is 2.53. The Morgan fingerprint density at radius 1 is 1.43 bits per heavy atom. The lowest BCUT2D eigenvalue weighted by Crippen LogP contribution is -2.02. The number of hydrogen-bond acceptors (Lipinski definition) is 2. The lowest BCUT2D eigenvalue weighted by Gasteiger charge is -1.99. The maximum atomic E-state index is 5.57. The number of thiophene rings is 1. The minimum Gasteiger partial charge on any atom is -0.357 e. The second kappa shape index (κ2) is 3.98. The van der Waals surface area contributed by atoms with Gasteiger partial charge >= 0.3 is 0 Å². The molecule has 2 N–H and O–H groups in total. The molecule has 0 atom stereocenters. The molecule has 0 amide bonds. The van der Waals surface area contributed by atoms with Crippen molar-refractivity contribution in [1.29, 1.82) is 0 Å². The van der Waals surface area contributed by atoms with Crippen molar-refractivity contribution >= 4 is 11.3 Å². The standard InChI is InChI=1S/C11H14N2S/c1-13-6-3-10(8-13)11-9(2-5-12)4-7-14-11/h3-4,6-8H,2,5,12H2,1H3. The summed E-state index contributed by atoms with van der Waals surface area (Å²) in [4.78, 5) is 1.36. The SMILES string of the molecule is Cn1ccc(-c2sccc2CCN)c1. The van der Waals surface area contributed by atoms with E-state index < -0.39 is 0 Å². The maximum absolute atomic E-state index is 5.57. The van der Waals surface area contributed by atoms with E-state index in [1.807, 2.05) is 7.05 Å². The van der Waals surface area contributed by atoms with Crippen molar-refractivity contribution in [2.45, 2.75) is 6.42 Å². The Bertz CT molecular complexity index is 414. The minimum absolute atomic E-state index is 0.719. The van der Waals surface area contributed by atoms with E-state index in [1.54, 1.807) is 11.3 Å². The number of nitrogens with zero attached hydrogens (tertiary/aromatic N) is 1. The van der Waals surface area contributed by atoms with Gasteiger partial charge in [0.2, 0.25) is 0 Å². The summed E-state index contributed by atoms with van der Waals surface area (Å²) in [6, 6.07) is 4.31. The molecular formula is C11H14N2S. The number of rotatable bonds is 3. The summed E-state index contributed by atoms with van der Waals surface area (Å²) in [7, 11) is 2.04. The fourth-order valence-electron chi connectivity index (χ4n) is 1.58. The first-order valence-electron chi connectivity index (χ1n) is 4.70. The van der Waals surface area contributed by atoms with E-state index >= 15 is 0 Å². The van der Waals surface area contributed by atoms with E-state index in [2.05, 4.69) is 34.5 Å². The van der Waals surface area contributed by atoms with Gasteiger partial charge in [-0.2, -0.15) is 0 Å². The molecule has 2 rings (SSSR count). The molecule has 2 aromatic heterocycles. The molecule has 0 bridgehead atoms. The second-order valence-corrected chi connectivity index (χ2v) is 4.30. The Labute approximate surface area is 88.0 Å². The Balaban J connectivity index is 2.36. The van der Waals surface area contributed by atoms with E-state index in [4.69, 9.17) is 5.73 Å². The van der Waals surface area contributed by atoms with E-state index in [-0.39, 0.29) is 0 Å². The highest BCUT2D eigenvalue weighted by molar-refractivity contribution is 7.13. The van der Waals surface area contributed by atoms with E-state index in [0.29, 0.717) is 0 Å². The van der Waals surface area contributed by atoms with E-state index in [1.165, 1.54) is 16.0 Å². The van der Waals surface area contributed by atoms with Crippen molar-refractivity contribution < 1.29 is 0 Å². The Hall–Kier alpha value is -1.06. The summed E-state index contributed by atoms with van der Waals surface area (Å²) < 4.78 is 2.07. The number of aryl methyl sites for hydroxylation is 1. The van der Waals surface area contributed by atoms with Crippen LogP contribution in [0.1, 0.15) is 5.56 Å². The van der Waals surface area contributed by atoms with Crippen molar-refractivity contribution in [2.24, 2.45) is 12.8 Å². The molecular weight excluding hydrogens is 192 g/mol. The molecule has 0 aromatic carbocycles. The zero-order valence-electron chi connectivity index (χ0n) is 8.23. The van der Waals surface area contributed by atoms with Crippen molar-refractivity contribution in [1.82, 2.24) is 4.57 Å². The molecule has 3 heteroatoms. The highest BCUT2D eigenvalue weighted by Gasteiger charge is 2.06. The summed E-state index contributed by atoms with van der Waals surface area (Å²) in [5.74, 6) is 0. The molecule has 0 fully saturated rings. The molecule has 0 saturated carbocycles. The molecule has 0 radical (unpaired) electrons. The predicted molar refractivity (Wildman–Crippen MR) is 61.5 cm³/mol. The normalized spacial score (nSPS) is 10.7. The molecule has 0 spiro atoms. The maximum Gasteiger partial charge on any atom is 0.0390 e. The van der Waals surface area contributed by atoms with Gasteiger partial charge in [0.05, 0.1) is 0 Å². The van der Waals surface area contributed by atoms with Gasteiger partial charge in [0, 0.05) is 29.9 Å². The summed E-state index contributed by atoms with van der Waals surface area (Å²) in [5.41, 5.74) is 8.23. The molecule has 0 aliphatic rings. The first-order chi connectivity index (χ1) is 6.81. The van der Waals surface area contributed by atoms with Crippen LogP contribution in [0.2, 0.25) is 0 Å². The molecule has 2 aromatic rings. The largest absolute Gasteiger partial charge is 0.357 e. The lowest BCUT2D eigenvalue weighted by molar-refractivity contribution is 0.928. The van der Waals surface area contributed by atoms with Crippen LogP contribution in [0, 0.1) is 0 Å². The third kappa shape index (κ3) is 1.74. The molecule has 0 aliphatic carbocycles. The lowest BCUT2D eigenvalue weighted by atomic mass is 10.1. The van der Waals surface area contributed by atoms with Crippen LogP contribution in [0.15, 0.2) is 29.9 Å². The molecule has 2 heterocycles. The van der Waals surface area contributed by atoms with Crippen LogP contribution in [-0.2, 0) is 13.5 Å². The Morgan fingerprint density at radius 3 is 2.93 bits per heavy atom. The number of aromatic nitrogens is 1. The van der Waals surface area contributed by atoms with Gasteiger partial charge in [-0.15, -0.1) is 11.3 Å². The summed E-state index contributed by atoms with van der Waals surface area (Å²) in [5, 5.41) is 2.13. The minimum atomic E-state index is 0.719. The van der Waals surface area contributed by atoms with E-state index in [0.717, 1.165) is 13.0 Å². The zero-order chi connectivity index (χ0) is 9.97. The van der Waals surface area contributed by atoms with Crippen LogP contribution in [0.5, 0.6) is 0 Å². The molecule has 2 nitrogen and oxygen atoms in total. The van der Waals surface area contributed by atoms with Crippen molar-refractivity contribution in [3.63, 3.8) is 0 Å². The van der Waals surface area contributed by atoms with Crippen LogP contribution >= 0.6 is 11.3 Å². The molecule has 74 valence electrons. The van der Waals surface area contributed by atoms with Gasteiger partial charge < -0.3 is 10.3 Å². The molecule has 0 saturated heterocycles. The predicted octanol–water partition coefficient (Wildman–Crippen LogP) is 2.25. The topological polar surface area (TPSA) is 30.9 Å². The fraction of sp³-hybridized carbons (Fsp3) is 0.273. The van der Waals surface area contributed by atoms with Gasteiger partial charge in [-0.1, -0.05) is 0 Å². The van der Waals surface area contributed by atoms with Crippen LogP contribution in [0.4, 0.5) is 0 Å². The first-order valence-corrected chi connectivity index (χ1v) is 5.58. The molecule has 0 unspecified atom stereocenters. The van der Waals surface area contributed by atoms with E-state index in [9.17, 15) is 0 Å². The van der Waals surface area contributed by atoms with Crippen LogP contribution in [0.3, 0.4) is 0 Å². The molecule has 0 aliphatic heterocycles. The smallest absolute Gasteiger partial charge is 0.0390 e. The summed E-state index contributed by atoms with van der Waals surface area (Å²) >= 11 is 1.79. The first kappa shape index (κ1) is 9.49. The van der Waals surface area contributed by atoms with Gasteiger partial charge in [0.15, 0.2) is 0 Å². The molecule has 14 heavy (non-hydrogen) atoms. The van der Waals surface area contributed by atoms with Gasteiger partial charge in [-0.25, -0.2) is 0 Å². The average molecular weight is 206 g/mol. The van der Waals surface area contributed by atoms with Crippen molar-refractivity contribution in [2.75, 3.05) is 6.54 Å². The number of nitrogens with two attached hydrogens (primary N) is 1. The average Bonchev–Trinajstić information content (AvgIpc) is 2.74. The van der Waals surface area contributed by atoms with Gasteiger partial charge in [0.1, 0.15) is 0 Å². The van der Waals surface area contributed by atoms with Crippen LogP contribution in [0.25, 0.3) is 10.4 Å². The summed E-state index contributed by atoms with van der Waals surface area (Å²) in [6.45, 7) is 0.719. The third-order valence-corrected chi connectivity index (χ3v) is 3.26. The van der Waals surface area contributed by atoms with Crippen molar-refractivity contribution in [3.05, 3.63) is 35.5 Å². The Morgan fingerprint density at radius 2 is 2.29 bits per heavy atom. The number of hydrogen-bond donors (Lipinski definition) is 1. The van der Waals surface area contributed by atoms with Crippen LogP contribution in [-0.4, -0.2) is 11.1 Å². The highest BCUT2D eigenvalue weighted by atomic mass is 32.1. The zero-order valence-corrected chi connectivity index (χ0v) is 9.05. The van der Waals surface area contributed by atoms with Gasteiger partial charge in [-0.05, 0) is 36.0 Å². The Kier molecular flexibility index (Phi) is 2.70. The monoisotopic (exact) mass is 206 g/mol. The van der Waals surface area contributed by atoms with Gasteiger partial charge in [0.25, 0.3) is 0 Å². The quantitative estimate of drug-likeness (QED) is 0.820. The van der Waals surface area contributed by atoms with Crippen molar-refractivity contribution in [3.8, 4) is 10.4 Å². The highest BCUT2D eigenvalue weighted by Crippen LogP contribution is 2.29.